The molecule has 45 heavy (non-hydrogen) atoms. The van der Waals surface area contributed by atoms with Crippen LogP contribution in [0.1, 0.15) is 64.0 Å². The number of fused-ring (bicyclic) bond motifs is 1. The van der Waals surface area contributed by atoms with Crippen LogP contribution < -0.4 is 15.0 Å². The Morgan fingerprint density at radius 2 is 1.64 bits per heavy atom. The minimum atomic E-state index is -1.34. The van der Waals surface area contributed by atoms with Gasteiger partial charge in [-0.1, -0.05) is 69.9 Å². The number of hydrogen-bond donors (Lipinski definition) is 4. The number of amides is 2. The van der Waals surface area contributed by atoms with Crippen LogP contribution in [0.2, 0.25) is 0 Å². The number of ether oxygens (including phenoxy) is 1. The summed E-state index contributed by atoms with van der Waals surface area (Å²) in [6.45, 7) is 3.63. The fourth-order valence-electron chi connectivity index (χ4n) is 5.35. The van der Waals surface area contributed by atoms with Gasteiger partial charge >= 0.3 is 5.97 Å². The van der Waals surface area contributed by atoms with Crippen molar-refractivity contribution in [2.75, 3.05) is 17.8 Å². The number of carboxylic acids is 1. The van der Waals surface area contributed by atoms with E-state index in [2.05, 4.69) is 19.2 Å². The Bertz CT molecular complexity index is 1520. The summed E-state index contributed by atoms with van der Waals surface area (Å²) >= 11 is 1.74. The fraction of sp³-hybridized carbons (Fsp3) is 0.353. The van der Waals surface area contributed by atoms with Gasteiger partial charge in [-0.3, -0.25) is 19.3 Å². The highest BCUT2D eigenvalue weighted by molar-refractivity contribution is 8.14. The maximum atomic E-state index is 14.6. The first-order valence-electron chi connectivity index (χ1n) is 15.0. The van der Waals surface area contributed by atoms with E-state index >= 15 is 0 Å². The Labute approximate surface area is 271 Å². The van der Waals surface area contributed by atoms with Crippen LogP contribution in [0.15, 0.2) is 76.5 Å². The number of thiol groups is 1. The molecule has 0 saturated carbocycles. The molecule has 1 heterocycles. The zero-order valence-electron chi connectivity index (χ0n) is 25.6. The van der Waals surface area contributed by atoms with Gasteiger partial charge in [-0.15, -0.1) is 23.5 Å². The third-order valence-corrected chi connectivity index (χ3v) is 9.80. The van der Waals surface area contributed by atoms with Gasteiger partial charge in [0.2, 0.25) is 5.91 Å². The first kappa shape index (κ1) is 33.9. The molecule has 0 bridgehead atoms. The summed E-state index contributed by atoms with van der Waals surface area (Å²) in [4.78, 5) is 56.4. The van der Waals surface area contributed by atoms with E-state index in [0.29, 0.717) is 57.1 Å². The highest BCUT2D eigenvalue weighted by Gasteiger charge is 2.50. The molecule has 1 aliphatic rings. The standard InChI is InChI=1S/C34H39N2O7S2/c1-4-6-17-34(18-7-5-2)32(41)36(23-11-9-8-10-12-23)25-19-28(44-3)26(20-27(25)45-33(34)42)43-21-29(38)35-30(31(39)40)22-13-15-24(37)16-14-22/h8-16,19-20,30,37,45H,4-7,17-18,21H2,1-3H3,(H,35,38)(H,39,40)/t30-/m1/s1. The van der Waals surface area contributed by atoms with Crippen molar-refractivity contribution in [3.8, 4) is 11.5 Å². The Balaban J connectivity index is 1.69. The third kappa shape index (κ3) is 7.65. The lowest BCUT2D eigenvalue weighted by molar-refractivity contribution is -0.142. The van der Waals surface area contributed by atoms with E-state index < -0.39 is 29.9 Å². The lowest BCUT2D eigenvalue weighted by Gasteiger charge is -2.34. The number of thioether (sulfide) groups is 1. The van der Waals surface area contributed by atoms with E-state index in [1.54, 1.807) is 11.0 Å². The summed E-state index contributed by atoms with van der Waals surface area (Å²) in [5, 5.41) is 21.6. The molecule has 0 saturated heterocycles. The molecular weight excluding hydrogens is 613 g/mol. The molecule has 1 atom stereocenters. The number of para-hydroxylation sites is 1. The molecule has 3 N–H and O–H groups in total. The van der Waals surface area contributed by atoms with Crippen molar-refractivity contribution >= 4 is 57.8 Å². The second-order valence-corrected chi connectivity index (χ2v) is 12.9. The maximum absolute atomic E-state index is 14.6. The van der Waals surface area contributed by atoms with E-state index in [4.69, 9.17) is 4.74 Å². The molecule has 0 spiro atoms. The highest BCUT2D eigenvalue weighted by Crippen LogP contribution is 2.51. The number of phenolic OH excluding ortho intramolecular Hbond substituents is 1. The number of hydrogen-bond acceptors (Lipinski definition) is 7. The van der Waals surface area contributed by atoms with Crippen LogP contribution in [0.3, 0.4) is 0 Å². The molecule has 1 radical (unpaired) electrons. The fourth-order valence-corrected chi connectivity index (χ4v) is 7.12. The molecule has 0 aliphatic carbocycles. The van der Waals surface area contributed by atoms with Crippen LogP contribution >= 0.6 is 23.5 Å². The number of carboxylic acid groups (broad SMARTS) is 1. The van der Waals surface area contributed by atoms with Crippen LogP contribution in [0.4, 0.5) is 11.4 Å². The summed E-state index contributed by atoms with van der Waals surface area (Å²) in [5.74, 6) is -1.82. The first-order valence-corrected chi connectivity index (χ1v) is 17.1. The molecule has 0 aromatic heterocycles. The second kappa shape index (κ2) is 15.4. The third-order valence-electron chi connectivity index (χ3n) is 7.81. The highest BCUT2D eigenvalue weighted by atomic mass is 32.2. The lowest BCUT2D eigenvalue weighted by Crippen LogP contribution is -2.45. The largest absolute Gasteiger partial charge is 0.508 e. The second-order valence-electron chi connectivity index (χ2n) is 10.9. The molecule has 0 unspecified atom stereocenters. The van der Waals surface area contributed by atoms with Gasteiger partial charge in [0, 0.05) is 10.6 Å². The predicted octanol–water partition coefficient (Wildman–Crippen LogP) is 6.83. The summed E-state index contributed by atoms with van der Waals surface area (Å²) in [6.07, 6.45) is 5.99. The van der Waals surface area contributed by atoms with E-state index in [9.17, 15) is 29.4 Å². The topological polar surface area (TPSA) is 133 Å². The summed E-state index contributed by atoms with van der Waals surface area (Å²) in [6, 6.07) is 17.0. The number of carbonyl (C=O) groups is 4. The molecule has 3 aromatic carbocycles. The van der Waals surface area contributed by atoms with Crippen LogP contribution in [0.25, 0.3) is 0 Å². The Kier molecular flexibility index (Phi) is 11.6. The van der Waals surface area contributed by atoms with Gasteiger partial charge in [-0.2, -0.15) is 0 Å². The number of nitrogens with zero attached hydrogens (tertiary/aromatic N) is 1. The summed E-state index contributed by atoms with van der Waals surface area (Å²) in [5.41, 5.74) is 0.389. The van der Waals surface area contributed by atoms with Crippen LogP contribution in [0.5, 0.6) is 11.5 Å². The molecular formula is C34H39N2O7S2. The molecule has 3 aromatic rings. The molecule has 2 amide bonds. The first-order chi connectivity index (χ1) is 21.6. The molecule has 9 nitrogen and oxygen atoms in total. The van der Waals surface area contributed by atoms with E-state index in [1.165, 1.54) is 36.0 Å². The van der Waals surface area contributed by atoms with Crippen molar-refractivity contribution in [3.05, 3.63) is 72.3 Å². The van der Waals surface area contributed by atoms with Gasteiger partial charge < -0.3 is 20.3 Å². The zero-order valence-corrected chi connectivity index (χ0v) is 27.3. The van der Waals surface area contributed by atoms with Crippen molar-refractivity contribution in [1.82, 2.24) is 5.32 Å². The SMILES string of the molecule is CCCCC1(CCCC)C(=O)[SH]c2cc(OCC(=O)N[C@@H](C(=O)O)c3ccc(O)cc3)c(SC)cc2N(c2ccccc2)C1=O. The van der Waals surface area contributed by atoms with Gasteiger partial charge in [0.05, 0.1) is 10.6 Å². The average Bonchev–Trinajstić information content (AvgIpc) is 3.12. The minimum absolute atomic E-state index is 0.0244. The number of rotatable bonds is 14. The van der Waals surface area contributed by atoms with Gasteiger partial charge in [0.25, 0.3) is 5.91 Å². The normalized spacial score (nSPS) is 14.8. The number of phenols is 1. The Morgan fingerprint density at radius 3 is 2.22 bits per heavy atom. The lowest BCUT2D eigenvalue weighted by atomic mass is 9.77. The van der Waals surface area contributed by atoms with Gasteiger partial charge in [-0.05, 0) is 61.1 Å². The number of aromatic hydroxyl groups is 1. The molecule has 11 heteroatoms. The van der Waals surface area contributed by atoms with E-state index in [-0.39, 0.29) is 16.8 Å². The summed E-state index contributed by atoms with van der Waals surface area (Å²) < 4.78 is 5.93. The average molecular weight is 652 g/mol. The monoisotopic (exact) mass is 651 g/mol. The van der Waals surface area contributed by atoms with Gasteiger partial charge in [0.1, 0.15) is 16.9 Å². The number of anilines is 2. The molecule has 239 valence electrons. The van der Waals surface area contributed by atoms with Gasteiger partial charge in [-0.25, -0.2) is 4.79 Å². The van der Waals surface area contributed by atoms with Crippen molar-refractivity contribution in [2.24, 2.45) is 5.41 Å². The van der Waals surface area contributed by atoms with Crippen LogP contribution in [-0.2, 0) is 19.2 Å². The number of aliphatic carboxylic acids is 1. The minimum Gasteiger partial charge on any atom is -0.508 e. The van der Waals surface area contributed by atoms with E-state index in [0.717, 1.165) is 25.7 Å². The maximum Gasteiger partial charge on any atom is 0.330 e. The molecule has 4 rings (SSSR count). The van der Waals surface area contributed by atoms with Crippen molar-refractivity contribution in [2.45, 2.75) is 68.2 Å². The molecule has 0 fully saturated rings. The molecule has 1 aliphatic heterocycles. The number of carbonyl (C=O) groups excluding carboxylic acids is 3. The van der Waals surface area contributed by atoms with Crippen molar-refractivity contribution in [1.29, 1.82) is 0 Å². The van der Waals surface area contributed by atoms with Crippen molar-refractivity contribution in [3.63, 3.8) is 0 Å². The predicted molar refractivity (Wildman–Crippen MR) is 178 cm³/mol. The zero-order chi connectivity index (χ0) is 32.6. The van der Waals surface area contributed by atoms with Crippen molar-refractivity contribution < 1.29 is 34.1 Å². The van der Waals surface area contributed by atoms with Crippen LogP contribution in [-0.4, -0.2) is 46.0 Å². The van der Waals surface area contributed by atoms with E-state index in [1.807, 2.05) is 42.7 Å². The number of benzene rings is 3. The summed E-state index contributed by atoms with van der Waals surface area (Å²) in [7, 11) is 0. The Morgan fingerprint density at radius 1 is 1.00 bits per heavy atom. The van der Waals surface area contributed by atoms with Gasteiger partial charge in [0.15, 0.2) is 17.8 Å². The number of unbranched alkanes of at least 4 members (excludes halogenated alkanes) is 2. The van der Waals surface area contributed by atoms with Crippen LogP contribution in [0, 0.1) is 5.41 Å². The quantitative estimate of drug-likeness (QED) is 0.0847. The number of nitrogens with one attached hydrogen (secondary N) is 1. The Hall–Kier alpha value is -3.96. The smallest absolute Gasteiger partial charge is 0.330 e.